The molecule has 0 spiro atoms. The Balaban J connectivity index is 1.67. The van der Waals surface area contributed by atoms with Gasteiger partial charge >= 0.3 is 7.12 Å². The molecule has 0 radical (unpaired) electrons. The summed E-state index contributed by atoms with van der Waals surface area (Å²) in [5.74, 6) is -3.44. The number of carbonyl (C=O) groups excluding carboxylic acids is 3. The summed E-state index contributed by atoms with van der Waals surface area (Å²) in [5.41, 5.74) is 0.988. The van der Waals surface area contributed by atoms with E-state index in [1.54, 1.807) is 0 Å². The molecule has 0 aliphatic carbocycles. The molecular formula is C23H30BN5O7S. The van der Waals surface area contributed by atoms with Crippen molar-refractivity contribution in [1.82, 2.24) is 25.5 Å². The van der Waals surface area contributed by atoms with Gasteiger partial charge in [0.15, 0.2) is 9.84 Å². The van der Waals surface area contributed by atoms with Gasteiger partial charge in [0.1, 0.15) is 11.7 Å². The van der Waals surface area contributed by atoms with Crippen LogP contribution in [0.25, 0.3) is 0 Å². The lowest BCUT2D eigenvalue weighted by molar-refractivity contribution is -0.134. The van der Waals surface area contributed by atoms with Crippen LogP contribution in [-0.4, -0.2) is 94.8 Å². The molecule has 0 bridgehead atoms. The first-order valence-corrected chi connectivity index (χ1v) is 13.7. The molecule has 1 aromatic carbocycles. The normalized spacial score (nSPS) is 16.3. The average Bonchev–Trinajstić information content (AvgIpc) is 2.88. The van der Waals surface area contributed by atoms with Gasteiger partial charge in [-0.25, -0.2) is 13.4 Å². The maximum atomic E-state index is 13.1. The van der Waals surface area contributed by atoms with Crippen LogP contribution in [-0.2, 0) is 25.8 Å². The summed E-state index contributed by atoms with van der Waals surface area (Å²) >= 11 is 0. The van der Waals surface area contributed by atoms with Crippen molar-refractivity contribution < 1.29 is 32.8 Å². The van der Waals surface area contributed by atoms with Gasteiger partial charge in [-0.2, -0.15) is 0 Å². The van der Waals surface area contributed by atoms with E-state index in [9.17, 15) is 32.8 Å². The lowest BCUT2D eigenvalue weighted by atomic mass is 9.76. The van der Waals surface area contributed by atoms with Crippen LogP contribution in [0.3, 0.4) is 0 Å². The fourth-order valence-electron chi connectivity index (χ4n) is 3.87. The van der Waals surface area contributed by atoms with Crippen LogP contribution >= 0.6 is 0 Å². The van der Waals surface area contributed by atoms with Gasteiger partial charge in [0, 0.05) is 25.5 Å². The van der Waals surface area contributed by atoms with Crippen LogP contribution in [0, 0.1) is 0 Å². The fraction of sp³-hybridized carbons (Fsp3) is 0.435. The summed E-state index contributed by atoms with van der Waals surface area (Å²) < 4.78 is 23.4. The van der Waals surface area contributed by atoms with Gasteiger partial charge in [-0.3, -0.25) is 19.4 Å². The number of hydrogen-bond donors (Lipinski definition) is 4. The topological polar surface area (TPSA) is 179 Å². The largest absolute Gasteiger partial charge is 0.475 e. The van der Waals surface area contributed by atoms with Gasteiger partial charge in [-0.05, 0) is 24.8 Å². The Morgan fingerprint density at radius 2 is 1.76 bits per heavy atom. The van der Waals surface area contributed by atoms with Crippen LogP contribution in [0.1, 0.15) is 35.3 Å². The first-order chi connectivity index (χ1) is 17.6. The summed E-state index contributed by atoms with van der Waals surface area (Å²) in [6, 6.07) is 8.21. The van der Waals surface area contributed by atoms with E-state index in [1.165, 1.54) is 23.5 Å². The zero-order chi connectivity index (χ0) is 26.8. The number of carbonyl (C=O) groups is 3. The second-order valence-corrected chi connectivity index (χ2v) is 11.1. The molecule has 0 saturated carbocycles. The molecule has 1 aliphatic rings. The van der Waals surface area contributed by atoms with Gasteiger partial charge in [0.05, 0.1) is 30.1 Å². The number of aromatic nitrogens is 2. The third-order valence-electron chi connectivity index (χ3n) is 6.00. The van der Waals surface area contributed by atoms with Gasteiger partial charge in [0.2, 0.25) is 11.8 Å². The van der Waals surface area contributed by atoms with Crippen LogP contribution in [0.15, 0.2) is 48.9 Å². The third-order valence-corrected chi connectivity index (χ3v) is 7.61. The average molecular weight is 531 g/mol. The minimum atomic E-state index is -3.22. The number of benzene rings is 1. The highest BCUT2D eigenvalue weighted by molar-refractivity contribution is 7.91. The Labute approximate surface area is 215 Å². The molecule has 2 aromatic rings. The summed E-state index contributed by atoms with van der Waals surface area (Å²) in [6.07, 6.45) is 4.86. The van der Waals surface area contributed by atoms with Crippen molar-refractivity contribution in [2.75, 3.05) is 24.6 Å². The van der Waals surface area contributed by atoms with Crippen LogP contribution in [0.5, 0.6) is 0 Å². The van der Waals surface area contributed by atoms with Crippen molar-refractivity contribution in [3.05, 3.63) is 60.2 Å². The van der Waals surface area contributed by atoms with Crippen molar-refractivity contribution in [1.29, 1.82) is 0 Å². The van der Waals surface area contributed by atoms with Crippen molar-refractivity contribution in [3.8, 4) is 0 Å². The molecule has 4 N–H and O–H groups in total. The van der Waals surface area contributed by atoms with E-state index in [1.807, 2.05) is 30.3 Å². The number of amides is 3. The number of hydrogen-bond acceptors (Lipinski definition) is 9. The monoisotopic (exact) mass is 531 g/mol. The number of sulfone groups is 1. The molecule has 2 atom stereocenters. The molecule has 12 nitrogen and oxygen atoms in total. The van der Waals surface area contributed by atoms with Gasteiger partial charge < -0.3 is 25.6 Å². The van der Waals surface area contributed by atoms with Crippen LogP contribution in [0.4, 0.5) is 0 Å². The molecular weight excluding hydrogens is 501 g/mol. The molecule has 14 heteroatoms. The molecule has 1 aliphatic heterocycles. The fourth-order valence-corrected chi connectivity index (χ4v) is 5.07. The minimum Gasteiger partial charge on any atom is -0.426 e. The smallest absolute Gasteiger partial charge is 0.426 e. The molecule has 1 unspecified atom stereocenters. The lowest BCUT2D eigenvalue weighted by Gasteiger charge is -2.29. The second-order valence-electron chi connectivity index (χ2n) is 8.76. The summed E-state index contributed by atoms with van der Waals surface area (Å²) in [7, 11) is -5.08. The molecule has 3 rings (SSSR count). The zero-order valence-electron chi connectivity index (χ0n) is 20.2. The highest BCUT2D eigenvalue weighted by atomic mass is 32.2. The highest BCUT2D eigenvalue weighted by Crippen LogP contribution is 2.10. The summed E-state index contributed by atoms with van der Waals surface area (Å²) in [6.45, 7) is -0.0177. The molecule has 1 aromatic heterocycles. The van der Waals surface area contributed by atoms with E-state index in [0.29, 0.717) is 12.8 Å². The lowest BCUT2D eigenvalue weighted by Crippen LogP contribution is -2.55. The first-order valence-electron chi connectivity index (χ1n) is 11.9. The number of rotatable bonds is 11. The van der Waals surface area contributed by atoms with E-state index < -0.39 is 53.1 Å². The number of nitrogens with one attached hydrogen (secondary N) is 2. The first kappa shape index (κ1) is 28.2. The third kappa shape index (κ3) is 8.91. The maximum absolute atomic E-state index is 13.1. The maximum Gasteiger partial charge on any atom is 0.475 e. The van der Waals surface area contributed by atoms with Crippen molar-refractivity contribution >= 4 is 34.7 Å². The van der Waals surface area contributed by atoms with E-state index in [-0.39, 0.29) is 36.7 Å². The highest BCUT2D eigenvalue weighted by Gasteiger charge is 2.33. The van der Waals surface area contributed by atoms with Crippen LogP contribution < -0.4 is 10.6 Å². The van der Waals surface area contributed by atoms with Gasteiger partial charge in [-0.1, -0.05) is 30.3 Å². The Bertz CT molecular complexity index is 1150. The van der Waals surface area contributed by atoms with E-state index in [4.69, 9.17) is 0 Å². The van der Waals surface area contributed by atoms with E-state index in [0.717, 1.165) is 5.56 Å². The quantitative estimate of drug-likeness (QED) is 0.258. The molecule has 198 valence electrons. The molecule has 2 heterocycles. The standard InChI is InChI=1S/C23H30BN5O7S/c30-21(29-11-13-37(35,36)14-12-29)15-18(27-23(32)19-16-25-9-10-26-19)22(31)28-20(24(33)34)8-4-7-17-5-2-1-3-6-17/h1-3,5-6,9-10,16,18,20,33-34H,4,7-8,11-15H2,(H,27,32)(H,28,31)/t18?,20-/m0/s1. The van der Waals surface area contributed by atoms with Crippen molar-refractivity contribution in [2.45, 2.75) is 37.7 Å². The Hall–Kier alpha value is -3.36. The van der Waals surface area contributed by atoms with Crippen molar-refractivity contribution in [3.63, 3.8) is 0 Å². The summed E-state index contributed by atoms with van der Waals surface area (Å²) in [4.78, 5) is 47.7. The van der Waals surface area contributed by atoms with Crippen molar-refractivity contribution in [2.24, 2.45) is 0 Å². The predicted octanol–water partition coefficient (Wildman–Crippen LogP) is -1.26. The Morgan fingerprint density at radius 1 is 1.05 bits per heavy atom. The predicted molar refractivity (Wildman–Crippen MR) is 135 cm³/mol. The van der Waals surface area contributed by atoms with E-state index >= 15 is 0 Å². The Kier molecular flexibility index (Phi) is 10.1. The van der Waals surface area contributed by atoms with Gasteiger partial charge in [-0.15, -0.1) is 0 Å². The molecule has 1 fully saturated rings. The van der Waals surface area contributed by atoms with Gasteiger partial charge in [0.25, 0.3) is 5.91 Å². The van der Waals surface area contributed by atoms with E-state index in [2.05, 4.69) is 20.6 Å². The summed E-state index contributed by atoms with van der Waals surface area (Å²) in [5, 5.41) is 24.7. The number of aryl methyl sites for hydroxylation is 1. The Morgan fingerprint density at radius 3 is 2.38 bits per heavy atom. The molecule has 37 heavy (non-hydrogen) atoms. The minimum absolute atomic E-state index is 0.00885. The molecule has 3 amide bonds. The number of nitrogens with zero attached hydrogens (tertiary/aromatic N) is 3. The molecule has 1 saturated heterocycles. The SMILES string of the molecule is O=C(NC(CC(=O)N1CCS(=O)(=O)CC1)C(=O)N[C@@H](CCCc1ccccc1)B(O)O)c1cnccn1. The van der Waals surface area contributed by atoms with Crippen LogP contribution in [0.2, 0.25) is 0 Å². The zero-order valence-corrected chi connectivity index (χ0v) is 21.0. The second kappa shape index (κ2) is 13.3.